The third-order valence-electron chi connectivity index (χ3n) is 3.63. The third-order valence-corrected chi connectivity index (χ3v) is 5.10. The Morgan fingerprint density at radius 1 is 1.00 bits per heavy atom. The Kier molecular flexibility index (Phi) is 5.23. The Morgan fingerprint density at radius 3 is 2.30 bits per heavy atom. The summed E-state index contributed by atoms with van der Waals surface area (Å²) in [4.78, 5) is 0. The third kappa shape index (κ3) is 3.24. The lowest BCUT2D eigenvalue weighted by Crippen LogP contribution is -2.30. The van der Waals surface area contributed by atoms with Crippen LogP contribution in [0.3, 0.4) is 0 Å². The number of nitrogens with two attached hydrogens (primary N) is 1. The van der Waals surface area contributed by atoms with Gasteiger partial charge >= 0.3 is 0 Å². The van der Waals surface area contributed by atoms with Crippen LogP contribution in [0.4, 0.5) is 0 Å². The second kappa shape index (κ2) is 6.56. The van der Waals surface area contributed by atoms with E-state index in [0.29, 0.717) is 0 Å². The van der Waals surface area contributed by atoms with Crippen LogP contribution in [-0.4, -0.2) is 0 Å². The average molecular weight is 445 g/mol. The van der Waals surface area contributed by atoms with Crippen LogP contribution in [0.5, 0.6) is 0 Å². The van der Waals surface area contributed by atoms with Crippen molar-refractivity contribution in [2.24, 2.45) is 5.84 Å². The van der Waals surface area contributed by atoms with E-state index in [1.807, 2.05) is 6.07 Å². The van der Waals surface area contributed by atoms with Crippen LogP contribution >= 0.6 is 38.5 Å². The fourth-order valence-electron chi connectivity index (χ4n) is 2.38. The lowest BCUT2D eigenvalue weighted by Gasteiger charge is -2.22. The van der Waals surface area contributed by atoms with Crippen molar-refractivity contribution in [3.63, 3.8) is 0 Å². The Bertz CT molecular complexity index is 641. The molecule has 0 aliphatic carbocycles. The molecule has 0 aliphatic heterocycles. The van der Waals surface area contributed by atoms with E-state index in [2.05, 4.69) is 89.0 Å². The topological polar surface area (TPSA) is 38.0 Å². The maximum atomic E-state index is 5.84. The predicted octanol–water partition coefficient (Wildman–Crippen LogP) is 4.53. The van der Waals surface area contributed by atoms with E-state index in [1.54, 1.807) is 0 Å². The number of aryl methyl sites for hydroxylation is 3. The molecule has 0 bridgehead atoms. The van der Waals surface area contributed by atoms with Crippen LogP contribution in [0.25, 0.3) is 0 Å². The smallest absolute Gasteiger partial charge is 0.0723 e. The van der Waals surface area contributed by atoms with Crippen molar-refractivity contribution in [2.75, 3.05) is 0 Å². The lowest BCUT2D eigenvalue weighted by atomic mass is 9.92. The molecule has 0 heterocycles. The molecular formula is C16H18BrIN2. The molecule has 0 radical (unpaired) electrons. The molecule has 1 atom stereocenters. The van der Waals surface area contributed by atoms with Gasteiger partial charge in [0.2, 0.25) is 0 Å². The van der Waals surface area contributed by atoms with Gasteiger partial charge in [0.15, 0.2) is 0 Å². The summed E-state index contributed by atoms with van der Waals surface area (Å²) in [5.74, 6) is 5.84. The van der Waals surface area contributed by atoms with Crippen molar-refractivity contribution in [3.05, 3.63) is 66.2 Å². The summed E-state index contributed by atoms with van der Waals surface area (Å²) in [6.07, 6.45) is 0. The van der Waals surface area contributed by atoms with E-state index in [1.165, 1.54) is 31.4 Å². The Morgan fingerprint density at radius 2 is 1.65 bits per heavy atom. The first-order chi connectivity index (χ1) is 9.43. The summed E-state index contributed by atoms with van der Waals surface area (Å²) >= 11 is 5.89. The number of rotatable bonds is 3. The molecule has 0 saturated heterocycles. The molecule has 2 aromatic carbocycles. The highest BCUT2D eigenvalue weighted by molar-refractivity contribution is 14.1. The molecule has 0 aromatic heterocycles. The Balaban J connectivity index is 2.58. The standard InChI is InChI=1S/C16H18BrIN2/c1-9-6-11(3)13(7-10(9)2)16(20-19)14-8-12(17)4-5-15(14)18/h4-8,16,20H,19H2,1-3H3. The van der Waals surface area contributed by atoms with Crippen LogP contribution < -0.4 is 11.3 Å². The van der Waals surface area contributed by atoms with E-state index in [-0.39, 0.29) is 6.04 Å². The van der Waals surface area contributed by atoms with Crippen molar-refractivity contribution in [1.82, 2.24) is 5.43 Å². The van der Waals surface area contributed by atoms with Crippen molar-refractivity contribution >= 4 is 38.5 Å². The van der Waals surface area contributed by atoms with Crippen LogP contribution in [0.1, 0.15) is 33.9 Å². The molecule has 0 saturated carbocycles. The van der Waals surface area contributed by atoms with E-state index >= 15 is 0 Å². The molecule has 0 spiro atoms. The van der Waals surface area contributed by atoms with E-state index in [0.717, 1.165) is 4.47 Å². The molecule has 20 heavy (non-hydrogen) atoms. The molecule has 0 aliphatic rings. The number of benzene rings is 2. The number of hydrogen-bond acceptors (Lipinski definition) is 2. The van der Waals surface area contributed by atoms with Gasteiger partial charge in [0.05, 0.1) is 6.04 Å². The maximum absolute atomic E-state index is 5.84. The molecule has 3 N–H and O–H groups in total. The van der Waals surface area contributed by atoms with E-state index < -0.39 is 0 Å². The van der Waals surface area contributed by atoms with Gasteiger partial charge in [-0.15, -0.1) is 0 Å². The number of hydrogen-bond donors (Lipinski definition) is 2. The number of nitrogens with one attached hydrogen (secondary N) is 1. The molecule has 0 fully saturated rings. The van der Waals surface area contributed by atoms with Crippen molar-refractivity contribution in [3.8, 4) is 0 Å². The minimum absolute atomic E-state index is 0.00120. The zero-order valence-corrected chi connectivity index (χ0v) is 15.5. The molecule has 0 amide bonds. The molecule has 4 heteroatoms. The fraction of sp³-hybridized carbons (Fsp3) is 0.250. The highest BCUT2D eigenvalue weighted by Crippen LogP contribution is 2.31. The minimum atomic E-state index is -0.00120. The van der Waals surface area contributed by atoms with Gasteiger partial charge in [-0.05, 0) is 89.4 Å². The minimum Gasteiger partial charge on any atom is -0.271 e. The van der Waals surface area contributed by atoms with E-state index in [4.69, 9.17) is 5.84 Å². The van der Waals surface area contributed by atoms with Gasteiger partial charge in [0.1, 0.15) is 0 Å². The number of halogens is 2. The summed E-state index contributed by atoms with van der Waals surface area (Å²) in [7, 11) is 0. The lowest BCUT2D eigenvalue weighted by molar-refractivity contribution is 0.630. The van der Waals surface area contributed by atoms with Gasteiger partial charge in [0.25, 0.3) is 0 Å². The maximum Gasteiger partial charge on any atom is 0.0723 e. The highest BCUT2D eigenvalue weighted by Gasteiger charge is 2.18. The average Bonchev–Trinajstić information content (AvgIpc) is 2.40. The second-order valence-corrected chi connectivity index (χ2v) is 7.14. The second-order valence-electron chi connectivity index (χ2n) is 5.06. The van der Waals surface area contributed by atoms with Gasteiger partial charge in [0, 0.05) is 8.04 Å². The van der Waals surface area contributed by atoms with Crippen LogP contribution in [0.15, 0.2) is 34.8 Å². The van der Waals surface area contributed by atoms with E-state index in [9.17, 15) is 0 Å². The largest absolute Gasteiger partial charge is 0.271 e. The summed E-state index contributed by atoms with van der Waals surface area (Å²) in [5, 5.41) is 0. The van der Waals surface area contributed by atoms with Crippen LogP contribution in [-0.2, 0) is 0 Å². The van der Waals surface area contributed by atoms with Gasteiger partial charge in [-0.2, -0.15) is 0 Å². The van der Waals surface area contributed by atoms with Crippen LogP contribution in [0.2, 0.25) is 0 Å². The van der Waals surface area contributed by atoms with Crippen LogP contribution in [0, 0.1) is 24.3 Å². The quantitative estimate of drug-likeness (QED) is 0.414. The fourth-order valence-corrected chi connectivity index (χ4v) is 3.40. The normalized spacial score (nSPS) is 12.5. The van der Waals surface area contributed by atoms with Crippen molar-refractivity contribution in [1.29, 1.82) is 0 Å². The first kappa shape index (κ1) is 15.9. The first-order valence-corrected chi connectivity index (χ1v) is 8.30. The highest BCUT2D eigenvalue weighted by atomic mass is 127. The van der Waals surface area contributed by atoms with Gasteiger partial charge < -0.3 is 0 Å². The SMILES string of the molecule is Cc1cc(C)c(C(NN)c2cc(Br)ccc2I)cc1C. The van der Waals surface area contributed by atoms with Gasteiger partial charge in [-0.25, -0.2) is 5.43 Å². The van der Waals surface area contributed by atoms with Crippen molar-refractivity contribution in [2.45, 2.75) is 26.8 Å². The molecule has 2 rings (SSSR count). The summed E-state index contributed by atoms with van der Waals surface area (Å²) in [6, 6.07) is 10.7. The molecule has 106 valence electrons. The first-order valence-electron chi connectivity index (χ1n) is 6.43. The number of hydrazine groups is 1. The Hall–Kier alpha value is -0.430. The predicted molar refractivity (Wildman–Crippen MR) is 96.7 cm³/mol. The summed E-state index contributed by atoms with van der Waals surface area (Å²) < 4.78 is 2.26. The monoisotopic (exact) mass is 444 g/mol. The summed E-state index contributed by atoms with van der Waals surface area (Å²) in [5.41, 5.74) is 9.24. The zero-order chi connectivity index (χ0) is 14.9. The molecular weight excluding hydrogens is 427 g/mol. The Labute approximate surface area is 142 Å². The van der Waals surface area contributed by atoms with Gasteiger partial charge in [-0.3, -0.25) is 5.84 Å². The molecule has 2 nitrogen and oxygen atoms in total. The zero-order valence-electron chi connectivity index (χ0n) is 11.8. The summed E-state index contributed by atoms with van der Waals surface area (Å²) in [6.45, 7) is 6.41. The van der Waals surface area contributed by atoms with Gasteiger partial charge in [-0.1, -0.05) is 28.1 Å². The van der Waals surface area contributed by atoms with Crippen molar-refractivity contribution < 1.29 is 0 Å². The molecule has 1 unspecified atom stereocenters. The molecule has 2 aromatic rings.